The fraction of sp³-hybridized carbons (Fsp3) is 0.480. The van der Waals surface area contributed by atoms with E-state index in [1.54, 1.807) is 0 Å². The van der Waals surface area contributed by atoms with Crippen molar-refractivity contribution in [1.29, 1.82) is 0 Å². The van der Waals surface area contributed by atoms with Crippen LogP contribution in [0.15, 0.2) is 54.6 Å². The average molecular weight is 396 g/mol. The number of hydrogen-bond donors (Lipinski definition) is 0. The molecule has 0 spiro atoms. The van der Waals surface area contributed by atoms with Crippen LogP contribution in [0.4, 0.5) is 0 Å². The maximum atomic E-state index is 13.5. The maximum absolute atomic E-state index is 13.5. The Morgan fingerprint density at radius 3 is 2.00 bits per heavy atom. The Morgan fingerprint density at radius 2 is 1.36 bits per heavy atom. The van der Waals surface area contributed by atoms with Crippen molar-refractivity contribution in [2.45, 2.75) is 75.8 Å². The van der Waals surface area contributed by atoms with Gasteiger partial charge in [-0.1, -0.05) is 61.2 Å². The summed E-state index contributed by atoms with van der Waals surface area (Å²) in [6.07, 6.45) is 10.7. The van der Waals surface area contributed by atoms with Gasteiger partial charge >= 0.3 is 0 Å². The second kappa shape index (κ2) is 9.13. The zero-order chi connectivity index (χ0) is 19.3. The molecule has 1 amide bonds. The third-order valence-electron chi connectivity index (χ3n) is 6.65. The van der Waals surface area contributed by atoms with Crippen molar-refractivity contribution in [2.24, 2.45) is 0 Å². The molecular weight excluding hydrogens is 366 g/mol. The fourth-order valence-corrected chi connectivity index (χ4v) is 5.27. The SMILES string of the molecule is O=C(c1ccc(Cl)cc1)N(C1CCCCC1)[C@H]1CC[C@H](c2ccccc2)CC1. The van der Waals surface area contributed by atoms with E-state index >= 15 is 0 Å². The van der Waals surface area contributed by atoms with E-state index < -0.39 is 0 Å². The number of carbonyl (C=O) groups excluding carboxylic acids is 1. The van der Waals surface area contributed by atoms with Crippen molar-refractivity contribution in [3.05, 3.63) is 70.7 Å². The Kier molecular flexibility index (Phi) is 6.36. The van der Waals surface area contributed by atoms with Crippen molar-refractivity contribution >= 4 is 17.5 Å². The van der Waals surface area contributed by atoms with Gasteiger partial charge in [0.25, 0.3) is 5.91 Å². The highest BCUT2D eigenvalue weighted by atomic mass is 35.5. The van der Waals surface area contributed by atoms with Gasteiger partial charge in [-0.05, 0) is 74.3 Å². The first-order chi connectivity index (χ1) is 13.7. The zero-order valence-corrected chi connectivity index (χ0v) is 17.3. The summed E-state index contributed by atoms with van der Waals surface area (Å²) in [4.78, 5) is 15.8. The lowest BCUT2D eigenvalue weighted by Crippen LogP contribution is -2.49. The van der Waals surface area contributed by atoms with Gasteiger partial charge in [0.15, 0.2) is 0 Å². The van der Waals surface area contributed by atoms with Gasteiger partial charge < -0.3 is 4.90 Å². The molecule has 0 radical (unpaired) electrons. The topological polar surface area (TPSA) is 20.3 Å². The predicted molar refractivity (Wildman–Crippen MR) is 116 cm³/mol. The molecule has 4 rings (SSSR count). The molecule has 2 aliphatic rings. The van der Waals surface area contributed by atoms with Crippen LogP contribution in [-0.4, -0.2) is 22.9 Å². The maximum Gasteiger partial charge on any atom is 0.254 e. The van der Waals surface area contributed by atoms with E-state index in [2.05, 4.69) is 35.2 Å². The monoisotopic (exact) mass is 395 g/mol. The van der Waals surface area contributed by atoms with E-state index in [1.165, 1.54) is 37.7 Å². The normalized spacial score (nSPS) is 23.3. The molecule has 0 saturated heterocycles. The summed E-state index contributed by atoms with van der Waals surface area (Å²) in [5.74, 6) is 0.836. The molecule has 0 heterocycles. The highest BCUT2D eigenvalue weighted by molar-refractivity contribution is 6.30. The molecule has 0 N–H and O–H groups in total. The number of halogens is 1. The van der Waals surface area contributed by atoms with Gasteiger partial charge in [0, 0.05) is 22.7 Å². The molecule has 0 bridgehead atoms. The van der Waals surface area contributed by atoms with E-state index in [9.17, 15) is 4.79 Å². The molecule has 0 aromatic heterocycles. The van der Waals surface area contributed by atoms with Gasteiger partial charge in [0.2, 0.25) is 0 Å². The summed E-state index contributed by atoms with van der Waals surface area (Å²) in [5, 5.41) is 0.684. The molecule has 0 aliphatic heterocycles. The smallest absolute Gasteiger partial charge is 0.254 e. The van der Waals surface area contributed by atoms with Gasteiger partial charge in [-0.15, -0.1) is 0 Å². The van der Waals surface area contributed by atoms with Crippen LogP contribution in [0.3, 0.4) is 0 Å². The lowest BCUT2D eigenvalue weighted by Gasteiger charge is -2.43. The fourth-order valence-electron chi connectivity index (χ4n) is 5.14. The number of hydrogen-bond acceptors (Lipinski definition) is 1. The number of nitrogens with zero attached hydrogens (tertiary/aromatic N) is 1. The van der Waals surface area contributed by atoms with Crippen molar-refractivity contribution < 1.29 is 4.79 Å². The number of benzene rings is 2. The first-order valence-corrected chi connectivity index (χ1v) is 11.2. The van der Waals surface area contributed by atoms with Crippen LogP contribution in [0.2, 0.25) is 5.02 Å². The molecule has 2 nitrogen and oxygen atoms in total. The quantitative estimate of drug-likeness (QED) is 0.554. The van der Waals surface area contributed by atoms with Crippen LogP contribution >= 0.6 is 11.6 Å². The Balaban J connectivity index is 1.51. The molecule has 28 heavy (non-hydrogen) atoms. The largest absolute Gasteiger partial charge is 0.333 e. The van der Waals surface area contributed by atoms with Gasteiger partial charge in [-0.3, -0.25) is 4.79 Å². The van der Waals surface area contributed by atoms with E-state index in [4.69, 9.17) is 11.6 Å². The third-order valence-corrected chi connectivity index (χ3v) is 6.91. The molecular formula is C25H30ClNO. The highest BCUT2D eigenvalue weighted by Crippen LogP contribution is 2.37. The highest BCUT2D eigenvalue weighted by Gasteiger charge is 2.34. The van der Waals surface area contributed by atoms with Gasteiger partial charge in [-0.2, -0.15) is 0 Å². The minimum atomic E-state index is 0.201. The van der Waals surface area contributed by atoms with Crippen molar-refractivity contribution in [3.8, 4) is 0 Å². The Bertz CT molecular complexity index is 759. The Labute approximate surface area is 173 Å². The lowest BCUT2D eigenvalue weighted by atomic mass is 9.80. The first kappa shape index (κ1) is 19.5. The molecule has 148 valence electrons. The molecule has 0 unspecified atom stereocenters. The molecule has 0 atom stereocenters. The summed E-state index contributed by atoms with van der Waals surface area (Å²) in [6.45, 7) is 0. The van der Waals surface area contributed by atoms with Crippen LogP contribution < -0.4 is 0 Å². The predicted octanol–water partition coefficient (Wildman–Crippen LogP) is 6.84. The second-order valence-electron chi connectivity index (χ2n) is 8.43. The van der Waals surface area contributed by atoms with Crippen molar-refractivity contribution in [1.82, 2.24) is 4.90 Å². The van der Waals surface area contributed by atoms with Crippen LogP contribution in [0, 0.1) is 0 Å². The standard InChI is InChI=1S/C25H30ClNO/c26-22-15-11-21(12-16-22)25(28)27(23-9-5-2-6-10-23)24-17-13-20(14-18-24)19-7-3-1-4-8-19/h1,3-4,7-8,11-12,15-16,20,23-24H,2,5-6,9-10,13-14,17-18H2/t20-,24-. The Morgan fingerprint density at radius 1 is 0.750 bits per heavy atom. The molecule has 2 saturated carbocycles. The van der Waals surface area contributed by atoms with Gasteiger partial charge in [0.05, 0.1) is 0 Å². The summed E-state index contributed by atoms with van der Waals surface area (Å²) in [7, 11) is 0. The lowest BCUT2D eigenvalue weighted by molar-refractivity contribution is 0.0437. The van der Waals surface area contributed by atoms with Crippen LogP contribution in [-0.2, 0) is 0 Å². The van der Waals surface area contributed by atoms with Crippen molar-refractivity contribution in [2.75, 3.05) is 0 Å². The minimum Gasteiger partial charge on any atom is -0.333 e. The first-order valence-electron chi connectivity index (χ1n) is 10.9. The molecule has 2 fully saturated rings. The van der Waals surface area contributed by atoms with Crippen LogP contribution in [0.5, 0.6) is 0 Å². The Hall–Kier alpha value is -1.80. The number of amides is 1. The average Bonchev–Trinajstić information content (AvgIpc) is 2.76. The summed E-state index contributed by atoms with van der Waals surface area (Å²) in [6, 6.07) is 19.1. The van der Waals surface area contributed by atoms with E-state index in [0.29, 0.717) is 23.0 Å². The zero-order valence-electron chi connectivity index (χ0n) is 16.5. The van der Waals surface area contributed by atoms with Crippen molar-refractivity contribution in [3.63, 3.8) is 0 Å². The van der Waals surface area contributed by atoms with Crippen LogP contribution in [0.25, 0.3) is 0 Å². The van der Waals surface area contributed by atoms with E-state index in [-0.39, 0.29) is 5.91 Å². The van der Waals surface area contributed by atoms with Crippen LogP contribution in [0.1, 0.15) is 79.6 Å². The van der Waals surface area contributed by atoms with Gasteiger partial charge in [0.1, 0.15) is 0 Å². The molecule has 2 aromatic carbocycles. The summed E-state index contributed by atoms with van der Waals surface area (Å²) in [5.41, 5.74) is 2.23. The molecule has 3 heteroatoms. The number of carbonyl (C=O) groups is 1. The summed E-state index contributed by atoms with van der Waals surface area (Å²) < 4.78 is 0. The number of rotatable bonds is 4. The third kappa shape index (κ3) is 4.43. The molecule has 2 aliphatic carbocycles. The van der Waals surface area contributed by atoms with Gasteiger partial charge in [-0.25, -0.2) is 0 Å². The van der Waals surface area contributed by atoms with E-state index in [1.807, 2.05) is 24.3 Å². The van der Waals surface area contributed by atoms with E-state index in [0.717, 1.165) is 31.2 Å². The second-order valence-corrected chi connectivity index (χ2v) is 8.86. The minimum absolute atomic E-state index is 0.201. The summed E-state index contributed by atoms with van der Waals surface area (Å²) >= 11 is 6.04. The molecule has 2 aromatic rings.